The number of nitrogens with one attached hydrogen (secondary N) is 1. The molecule has 0 fully saturated rings. The van der Waals surface area contributed by atoms with Crippen molar-refractivity contribution < 1.29 is 17.9 Å². The van der Waals surface area contributed by atoms with E-state index in [0.717, 1.165) is 0 Å². The molecule has 0 aliphatic carbocycles. The summed E-state index contributed by atoms with van der Waals surface area (Å²) in [7, 11) is -4.03. The van der Waals surface area contributed by atoms with Crippen molar-refractivity contribution in [2.75, 3.05) is 12.0 Å². The maximum Gasteiger partial charge on any atom is 0.339 e. The van der Waals surface area contributed by atoms with Gasteiger partial charge in [0.2, 0.25) is 10.0 Å². The van der Waals surface area contributed by atoms with Crippen LogP contribution >= 0.6 is 0 Å². The number of carbonyl (C=O) groups excluding carboxylic acids is 1. The molecular weight excluding hydrogens is 246 g/mol. The Bertz CT molecular complexity index is 527. The quantitative estimate of drug-likeness (QED) is 0.390. The normalized spacial score (nSPS) is 11.0. The van der Waals surface area contributed by atoms with Crippen LogP contribution in [0.4, 0.5) is 5.69 Å². The zero-order chi connectivity index (χ0) is 13.1. The van der Waals surface area contributed by atoms with Crippen LogP contribution in [0.1, 0.15) is 17.3 Å². The van der Waals surface area contributed by atoms with Gasteiger partial charge in [-0.15, -0.1) is 0 Å². The summed E-state index contributed by atoms with van der Waals surface area (Å²) >= 11 is 0. The van der Waals surface area contributed by atoms with Crippen molar-refractivity contribution in [2.24, 2.45) is 11.0 Å². The molecule has 1 rings (SSSR count). The average Bonchev–Trinajstić information content (AvgIpc) is 2.27. The highest BCUT2D eigenvalue weighted by Crippen LogP contribution is 2.20. The Kier molecular flexibility index (Phi) is 4.05. The Morgan fingerprint density at radius 1 is 1.47 bits per heavy atom. The average molecular weight is 259 g/mol. The molecular formula is C9H13N3O4S. The van der Waals surface area contributed by atoms with Crippen LogP contribution in [0.2, 0.25) is 0 Å². The van der Waals surface area contributed by atoms with Crippen LogP contribution in [-0.2, 0) is 14.8 Å². The van der Waals surface area contributed by atoms with Crippen molar-refractivity contribution in [3.8, 4) is 0 Å². The lowest BCUT2D eigenvalue weighted by Crippen LogP contribution is -2.19. The van der Waals surface area contributed by atoms with E-state index in [9.17, 15) is 13.2 Å². The smallest absolute Gasteiger partial charge is 0.339 e. The van der Waals surface area contributed by atoms with E-state index in [2.05, 4.69) is 5.43 Å². The Morgan fingerprint density at radius 2 is 2.12 bits per heavy atom. The number of hydrogen-bond donors (Lipinski definition) is 3. The number of benzene rings is 1. The molecule has 0 spiro atoms. The minimum atomic E-state index is -4.03. The number of hydrazine groups is 1. The van der Waals surface area contributed by atoms with Crippen molar-refractivity contribution in [1.82, 2.24) is 0 Å². The number of primary sulfonamides is 1. The van der Waals surface area contributed by atoms with E-state index < -0.39 is 16.0 Å². The van der Waals surface area contributed by atoms with Crippen molar-refractivity contribution in [3.05, 3.63) is 23.8 Å². The molecule has 0 heterocycles. The molecule has 0 atom stereocenters. The van der Waals surface area contributed by atoms with E-state index in [1.807, 2.05) is 0 Å². The van der Waals surface area contributed by atoms with E-state index in [1.54, 1.807) is 6.92 Å². The van der Waals surface area contributed by atoms with Gasteiger partial charge in [0.1, 0.15) is 0 Å². The molecule has 0 saturated heterocycles. The summed E-state index contributed by atoms with van der Waals surface area (Å²) in [5, 5.41) is 5.01. The molecule has 17 heavy (non-hydrogen) atoms. The van der Waals surface area contributed by atoms with Crippen LogP contribution in [0.25, 0.3) is 0 Å². The van der Waals surface area contributed by atoms with Gasteiger partial charge in [0, 0.05) is 5.69 Å². The van der Waals surface area contributed by atoms with Gasteiger partial charge in [-0.1, -0.05) is 0 Å². The zero-order valence-corrected chi connectivity index (χ0v) is 9.95. The Balaban J connectivity index is 3.35. The van der Waals surface area contributed by atoms with Gasteiger partial charge in [0.15, 0.2) is 0 Å². The fourth-order valence-electron chi connectivity index (χ4n) is 1.22. The van der Waals surface area contributed by atoms with Gasteiger partial charge < -0.3 is 10.2 Å². The number of nitrogen functional groups attached to an aromatic ring is 1. The summed E-state index contributed by atoms with van der Waals surface area (Å²) in [6, 6.07) is 3.90. The van der Waals surface area contributed by atoms with Gasteiger partial charge in [0.25, 0.3) is 0 Å². The molecule has 0 aliphatic rings. The van der Waals surface area contributed by atoms with Gasteiger partial charge in [-0.05, 0) is 25.1 Å². The summed E-state index contributed by atoms with van der Waals surface area (Å²) in [6.07, 6.45) is 0. The van der Waals surface area contributed by atoms with Gasteiger partial charge in [-0.3, -0.25) is 5.84 Å². The molecule has 0 aliphatic heterocycles. The first-order valence-corrected chi connectivity index (χ1v) is 6.25. The minimum Gasteiger partial charge on any atom is -0.462 e. The molecule has 0 aromatic heterocycles. The van der Waals surface area contributed by atoms with Crippen LogP contribution in [0.5, 0.6) is 0 Å². The number of nitrogens with two attached hydrogens (primary N) is 2. The summed E-state index contributed by atoms with van der Waals surface area (Å²) in [5.74, 6) is 4.40. The van der Waals surface area contributed by atoms with Crippen LogP contribution < -0.4 is 16.4 Å². The number of ether oxygens (including phenoxy) is 1. The number of carbonyl (C=O) groups is 1. The SMILES string of the molecule is CCOC(=O)c1ccc(NN)cc1S(N)(=O)=O. The van der Waals surface area contributed by atoms with Crippen LogP contribution in [-0.4, -0.2) is 21.0 Å². The highest BCUT2D eigenvalue weighted by Gasteiger charge is 2.20. The van der Waals surface area contributed by atoms with E-state index in [-0.39, 0.29) is 17.1 Å². The largest absolute Gasteiger partial charge is 0.462 e. The van der Waals surface area contributed by atoms with Crippen molar-refractivity contribution >= 4 is 21.7 Å². The molecule has 0 amide bonds. The predicted molar refractivity (Wildman–Crippen MR) is 61.6 cm³/mol. The van der Waals surface area contributed by atoms with Crippen molar-refractivity contribution in [2.45, 2.75) is 11.8 Å². The summed E-state index contributed by atoms with van der Waals surface area (Å²) < 4.78 is 27.4. The Morgan fingerprint density at radius 3 is 2.59 bits per heavy atom. The summed E-state index contributed by atoms with van der Waals surface area (Å²) in [5.41, 5.74) is 2.47. The standard InChI is InChI=1S/C9H13N3O4S/c1-2-16-9(13)7-4-3-6(12-10)5-8(7)17(11,14)15/h3-5,12H,2,10H2,1H3,(H2,11,14,15). The van der Waals surface area contributed by atoms with E-state index in [4.69, 9.17) is 15.7 Å². The highest BCUT2D eigenvalue weighted by atomic mass is 32.2. The Hall–Kier alpha value is -1.64. The molecule has 0 radical (unpaired) electrons. The first kappa shape index (κ1) is 13.4. The minimum absolute atomic E-state index is 0.117. The molecule has 5 N–H and O–H groups in total. The van der Waals surface area contributed by atoms with E-state index >= 15 is 0 Å². The van der Waals surface area contributed by atoms with Crippen LogP contribution in [0.3, 0.4) is 0 Å². The summed E-state index contributed by atoms with van der Waals surface area (Å²) in [6.45, 7) is 1.75. The fraction of sp³-hybridized carbons (Fsp3) is 0.222. The lowest BCUT2D eigenvalue weighted by Gasteiger charge is -2.09. The molecule has 0 bridgehead atoms. The van der Waals surface area contributed by atoms with Gasteiger partial charge in [-0.25, -0.2) is 18.4 Å². The van der Waals surface area contributed by atoms with Crippen LogP contribution in [0.15, 0.2) is 23.1 Å². The van der Waals surface area contributed by atoms with E-state index in [0.29, 0.717) is 5.69 Å². The molecule has 0 saturated carbocycles. The van der Waals surface area contributed by atoms with E-state index in [1.165, 1.54) is 18.2 Å². The molecule has 1 aromatic rings. The third-order valence-electron chi connectivity index (χ3n) is 1.95. The monoisotopic (exact) mass is 259 g/mol. The molecule has 7 nitrogen and oxygen atoms in total. The number of anilines is 1. The maximum absolute atomic E-state index is 11.5. The first-order chi connectivity index (χ1) is 7.90. The number of hydrogen-bond acceptors (Lipinski definition) is 6. The molecule has 1 aromatic carbocycles. The predicted octanol–water partition coefficient (Wildman–Crippen LogP) is -0.204. The second-order valence-corrected chi connectivity index (χ2v) is 4.65. The van der Waals surface area contributed by atoms with Crippen molar-refractivity contribution in [3.63, 3.8) is 0 Å². The van der Waals surface area contributed by atoms with Crippen molar-refractivity contribution in [1.29, 1.82) is 0 Å². The fourth-order valence-corrected chi connectivity index (χ4v) is 1.97. The number of sulfonamides is 1. The second-order valence-electron chi connectivity index (χ2n) is 3.12. The van der Waals surface area contributed by atoms with Gasteiger partial charge >= 0.3 is 5.97 Å². The lowest BCUT2D eigenvalue weighted by atomic mass is 10.2. The first-order valence-electron chi connectivity index (χ1n) is 4.70. The second kappa shape index (κ2) is 5.13. The summed E-state index contributed by atoms with van der Waals surface area (Å²) in [4.78, 5) is 11.2. The molecule has 94 valence electrons. The zero-order valence-electron chi connectivity index (χ0n) is 9.14. The molecule has 0 unspecified atom stereocenters. The third kappa shape index (κ3) is 3.16. The number of esters is 1. The lowest BCUT2D eigenvalue weighted by molar-refractivity contribution is 0.0522. The maximum atomic E-state index is 11.5. The van der Waals surface area contributed by atoms with Gasteiger partial charge in [-0.2, -0.15) is 0 Å². The van der Waals surface area contributed by atoms with Gasteiger partial charge in [0.05, 0.1) is 17.1 Å². The topological polar surface area (TPSA) is 125 Å². The number of rotatable bonds is 4. The highest BCUT2D eigenvalue weighted by molar-refractivity contribution is 7.89. The third-order valence-corrected chi connectivity index (χ3v) is 2.90. The Labute approximate surface area is 98.8 Å². The molecule has 8 heteroatoms. The van der Waals surface area contributed by atoms with Crippen LogP contribution in [0, 0.1) is 0 Å².